The molecule has 0 atom stereocenters. The third kappa shape index (κ3) is 3.60. The molecule has 3 nitrogen and oxygen atoms in total. The van der Waals surface area contributed by atoms with Gasteiger partial charge in [0.05, 0.1) is 0 Å². The Morgan fingerprint density at radius 1 is 1.08 bits per heavy atom. The van der Waals surface area contributed by atoms with E-state index in [4.69, 9.17) is 12.2 Å². The molecular formula is C20H23N3S. The fourth-order valence-electron chi connectivity index (χ4n) is 2.99. The minimum absolute atomic E-state index is 0.668. The van der Waals surface area contributed by atoms with Crippen molar-refractivity contribution in [1.29, 1.82) is 0 Å². The van der Waals surface area contributed by atoms with Gasteiger partial charge < -0.3 is 15.6 Å². The summed E-state index contributed by atoms with van der Waals surface area (Å²) < 4.78 is 0. The highest BCUT2D eigenvalue weighted by molar-refractivity contribution is 7.80. The van der Waals surface area contributed by atoms with Crippen LogP contribution >= 0.6 is 12.2 Å². The van der Waals surface area contributed by atoms with Gasteiger partial charge in [0.25, 0.3) is 0 Å². The molecule has 0 saturated carbocycles. The zero-order valence-corrected chi connectivity index (χ0v) is 15.2. The summed E-state index contributed by atoms with van der Waals surface area (Å²) in [5.41, 5.74) is 7.26. The summed E-state index contributed by atoms with van der Waals surface area (Å²) >= 11 is 5.43. The Hall–Kier alpha value is -2.33. The molecule has 1 aromatic heterocycles. The summed E-state index contributed by atoms with van der Waals surface area (Å²) in [6, 6.07) is 14.8. The van der Waals surface area contributed by atoms with Gasteiger partial charge in [-0.2, -0.15) is 0 Å². The normalized spacial score (nSPS) is 10.8. The molecule has 0 aliphatic rings. The van der Waals surface area contributed by atoms with E-state index in [1.807, 2.05) is 0 Å². The van der Waals surface area contributed by atoms with Gasteiger partial charge in [-0.3, -0.25) is 0 Å². The van der Waals surface area contributed by atoms with Crippen LogP contribution in [0.25, 0.3) is 10.9 Å². The maximum atomic E-state index is 5.43. The first-order chi connectivity index (χ1) is 11.5. The highest BCUT2D eigenvalue weighted by Gasteiger charge is 2.08. The Morgan fingerprint density at radius 3 is 2.71 bits per heavy atom. The van der Waals surface area contributed by atoms with Crippen molar-refractivity contribution < 1.29 is 0 Å². The largest absolute Gasteiger partial charge is 0.362 e. The zero-order valence-electron chi connectivity index (χ0n) is 14.4. The second-order valence-electron chi connectivity index (χ2n) is 6.22. The number of anilines is 1. The van der Waals surface area contributed by atoms with Crippen LogP contribution in [-0.4, -0.2) is 16.6 Å². The number of aromatic nitrogens is 1. The molecule has 0 bridgehead atoms. The quantitative estimate of drug-likeness (QED) is 0.608. The number of hydrogen-bond acceptors (Lipinski definition) is 1. The van der Waals surface area contributed by atoms with E-state index < -0.39 is 0 Å². The average molecular weight is 337 g/mol. The molecule has 0 fully saturated rings. The summed E-state index contributed by atoms with van der Waals surface area (Å²) in [4.78, 5) is 3.44. The maximum absolute atomic E-state index is 5.43. The molecule has 124 valence electrons. The SMILES string of the molecule is Cc1ccc(C)c(NC(=S)NCCc2c(C)[nH]c3ccccc23)c1. The molecule has 0 radical (unpaired) electrons. The first-order valence-electron chi connectivity index (χ1n) is 8.23. The molecule has 0 aliphatic heterocycles. The van der Waals surface area contributed by atoms with Crippen LogP contribution in [0.15, 0.2) is 42.5 Å². The molecule has 0 unspecified atom stereocenters. The van der Waals surface area contributed by atoms with Crippen molar-refractivity contribution in [3.05, 3.63) is 64.8 Å². The molecule has 3 aromatic rings. The Balaban J connectivity index is 1.60. The summed E-state index contributed by atoms with van der Waals surface area (Å²) in [5, 5.41) is 8.57. The Kier molecular flexibility index (Phi) is 4.86. The molecular weight excluding hydrogens is 314 g/mol. The topological polar surface area (TPSA) is 39.8 Å². The minimum atomic E-state index is 0.668. The highest BCUT2D eigenvalue weighted by Crippen LogP contribution is 2.22. The maximum Gasteiger partial charge on any atom is 0.170 e. The van der Waals surface area contributed by atoms with Gasteiger partial charge in [-0.15, -0.1) is 0 Å². The summed E-state index contributed by atoms with van der Waals surface area (Å²) in [5.74, 6) is 0. The van der Waals surface area contributed by atoms with E-state index in [1.54, 1.807) is 0 Å². The predicted molar refractivity (Wildman–Crippen MR) is 107 cm³/mol. The lowest BCUT2D eigenvalue weighted by Crippen LogP contribution is -2.30. The van der Waals surface area contributed by atoms with E-state index in [1.165, 1.54) is 33.3 Å². The highest BCUT2D eigenvalue weighted by atomic mass is 32.1. The lowest BCUT2D eigenvalue weighted by Gasteiger charge is -2.13. The third-order valence-corrected chi connectivity index (χ3v) is 4.58. The number of fused-ring (bicyclic) bond motifs is 1. The van der Waals surface area contributed by atoms with Crippen molar-refractivity contribution >= 4 is 33.9 Å². The van der Waals surface area contributed by atoms with Gasteiger partial charge in [0.15, 0.2) is 5.11 Å². The standard InChI is InChI=1S/C20H23N3S/c1-13-8-9-14(2)19(12-13)23-20(24)21-11-10-16-15(3)22-18-7-5-4-6-17(16)18/h4-9,12,22H,10-11H2,1-3H3,(H2,21,23,24). The van der Waals surface area contributed by atoms with Crippen LogP contribution in [-0.2, 0) is 6.42 Å². The fourth-order valence-corrected chi connectivity index (χ4v) is 3.21. The molecule has 0 spiro atoms. The van der Waals surface area contributed by atoms with Crippen molar-refractivity contribution in [2.45, 2.75) is 27.2 Å². The van der Waals surface area contributed by atoms with Gasteiger partial charge in [0, 0.05) is 28.8 Å². The summed E-state index contributed by atoms with van der Waals surface area (Å²) in [6.07, 6.45) is 0.935. The van der Waals surface area contributed by atoms with E-state index >= 15 is 0 Å². The van der Waals surface area contributed by atoms with E-state index in [-0.39, 0.29) is 0 Å². The van der Waals surface area contributed by atoms with E-state index in [0.29, 0.717) is 5.11 Å². The number of nitrogens with one attached hydrogen (secondary N) is 3. The van der Waals surface area contributed by atoms with Crippen molar-refractivity contribution in [2.75, 3.05) is 11.9 Å². The number of thiocarbonyl (C=S) groups is 1. The van der Waals surface area contributed by atoms with Gasteiger partial charge in [0.1, 0.15) is 0 Å². The van der Waals surface area contributed by atoms with Gasteiger partial charge in [-0.25, -0.2) is 0 Å². The van der Waals surface area contributed by atoms with Crippen LogP contribution in [0.5, 0.6) is 0 Å². The summed E-state index contributed by atoms with van der Waals surface area (Å²) in [7, 11) is 0. The Labute approximate surface area is 148 Å². The molecule has 0 amide bonds. The van der Waals surface area contributed by atoms with Gasteiger partial charge in [-0.1, -0.05) is 30.3 Å². The zero-order chi connectivity index (χ0) is 17.1. The second kappa shape index (κ2) is 7.05. The van der Waals surface area contributed by atoms with Gasteiger partial charge >= 0.3 is 0 Å². The van der Waals surface area contributed by atoms with Crippen LogP contribution < -0.4 is 10.6 Å². The first-order valence-corrected chi connectivity index (χ1v) is 8.63. The Morgan fingerprint density at radius 2 is 1.88 bits per heavy atom. The molecule has 24 heavy (non-hydrogen) atoms. The monoisotopic (exact) mass is 337 g/mol. The van der Waals surface area contributed by atoms with E-state index in [2.05, 4.69) is 78.9 Å². The minimum Gasteiger partial charge on any atom is -0.362 e. The molecule has 0 saturated heterocycles. The fraction of sp³-hybridized carbons (Fsp3) is 0.250. The third-order valence-electron chi connectivity index (χ3n) is 4.33. The van der Waals surface area contributed by atoms with Crippen LogP contribution in [0.1, 0.15) is 22.4 Å². The van der Waals surface area contributed by atoms with Crippen LogP contribution in [0.3, 0.4) is 0 Å². The summed E-state index contributed by atoms with van der Waals surface area (Å²) in [6.45, 7) is 7.10. The number of para-hydroxylation sites is 1. The number of rotatable bonds is 4. The van der Waals surface area contributed by atoms with Gasteiger partial charge in [-0.05, 0) is 68.2 Å². The average Bonchev–Trinajstić information content (AvgIpc) is 2.87. The number of aryl methyl sites for hydroxylation is 3. The molecule has 1 heterocycles. The molecule has 2 aromatic carbocycles. The van der Waals surface area contributed by atoms with Crippen molar-refractivity contribution in [2.24, 2.45) is 0 Å². The van der Waals surface area contributed by atoms with Crippen LogP contribution in [0.2, 0.25) is 0 Å². The van der Waals surface area contributed by atoms with Crippen molar-refractivity contribution in [3.63, 3.8) is 0 Å². The molecule has 4 heteroatoms. The molecule has 3 rings (SSSR count). The first kappa shape index (κ1) is 16.5. The number of hydrogen-bond donors (Lipinski definition) is 3. The predicted octanol–water partition coefficient (Wildman–Crippen LogP) is 4.62. The second-order valence-corrected chi connectivity index (χ2v) is 6.63. The van der Waals surface area contributed by atoms with Crippen LogP contribution in [0.4, 0.5) is 5.69 Å². The van der Waals surface area contributed by atoms with Crippen LogP contribution in [0, 0.1) is 20.8 Å². The van der Waals surface area contributed by atoms with E-state index in [9.17, 15) is 0 Å². The van der Waals surface area contributed by atoms with E-state index in [0.717, 1.165) is 18.7 Å². The number of benzene rings is 2. The number of H-pyrrole nitrogens is 1. The smallest absolute Gasteiger partial charge is 0.170 e. The Bertz CT molecular complexity index is 880. The van der Waals surface area contributed by atoms with Gasteiger partial charge in [0.2, 0.25) is 0 Å². The van der Waals surface area contributed by atoms with Crippen molar-refractivity contribution in [3.8, 4) is 0 Å². The number of aromatic amines is 1. The lowest BCUT2D eigenvalue weighted by molar-refractivity contribution is 0.871. The van der Waals surface area contributed by atoms with Crippen molar-refractivity contribution in [1.82, 2.24) is 10.3 Å². The lowest BCUT2D eigenvalue weighted by atomic mass is 10.1. The molecule has 0 aliphatic carbocycles. The molecule has 3 N–H and O–H groups in total.